The average molecular weight is 354 g/mol. The minimum absolute atomic E-state index is 0.155. The van der Waals surface area contributed by atoms with Crippen LogP contribution in [0.5, 0.6) is 0 Å². The smallest absolute Gasteiger partial charge is 0.410 e. The van der Waals surface area contributed by atoms with Crippen molar-refractivity contribution in [1.29, 1.82) is 0 Å². The molecule has 2 aliphatic heterocycles. The third-order valence-electron chi connectivity index (χ3n) is 5.58. The molecule has 3 atom stereocenters. The first-order valence-electron chi connectivity index (χ1n) is 10.2. The fraction of sp³-hybridized carbons (Fsp3) is 0.950. The van der Waals surface area contributed by atoms with Gasteiger partial charge in [-0.2, -0.15) is 0 Å². The Morgan fingerprint density at radius 1 is 1.16 bits per heavy atom. The van der Waals surface area contributed by atoms with Crippen LogP contribution in [-0.4, -0.2) is 66.3 Å². The summed E-state index contributed by atoms with van der Waals surface area (Å²) in [5.74, 6) is 0.520. The number of hydrogen-bond donors (Lipinski definition) is 1. The lowest BCUT2D eigenvalue weighted by molar-refractivity contribution is 0.0146. The van der Waals surface area contributed by atoms with Crippen molar-refractivity contribution >= 4 is 6.09 Å². The van der Waals surface area contributed by atoms with Crippen molar-refractivity contribution in [2.75, 3.05) is 32.7 Å². The van der Waals surface area contributed by atoms with Gasteiger partial charge in [-0.3, -0.25) is 0 Å². The SMILES string of the molecule is CCN1CCCC(NC(C)C2CCCN(C(=O)OC(C)(C)C)C2)CC1. The van der Waals surface area contributed by atoms with Crippen LogP contribution < -0.4 is 5.32 Å². The number of hydrogen-bond acceptors (Lipinski definition) is 4. The van der Waals surface area contributed by atoms with E-state index in [0.717, 1.165) is 26.1 Å². The quantitative estimate of drug-likeness (QED) is 0.840. The van der Waals surface area contributed by atoms with Gasteiger partial charge in [-0.1, -0.05) is 6.92 Å². The highest BCUT2D eigenvalue weighted by molar-refractivity contribution is 5.68. The maximum absolute atomic E-state index is 12.4. The lowest BCUT2D eigenvalue weighted by atomic mass is 9.91. The van der Waals surface area contributed by atoms with E-state index < -0.39 is 5.60 Å². The summed E-state index contributed by atoms with van der Waals surface area (Å²) in [6, 6.07) is 1.06. The van der Waals surface area contributed by atoms with Crippen molar-refractivity contribution < 1.29 is 9.53 Å². The van der Waals surface area contributed by atoms with Gasteiger partial charge in [0.15, 0.2) is 0 Å². The van der Waals surface area contributed by atoms with E-state index in [1.54, 1.807) is 0 Å². The molecule has 0 aliphatic carbocycles. The Morgan fingerprint density at radius 2 is 1.88 bits per heavy atom. The molecule has 5 nitrogen and oxygen atoms in total. The summed E-state index contributed by atoms with van der Waals surface area (Å²) >= 11 is 0. The van der Waals surface area contributed by atoms with Gasteiger partial charge in [-0.15, -0.1) is 0 Å². The summed E-state index contributed by atoms with van der Waals surface area (Å²) < 4.78 is 5.56. The summed E-state index contributed by atoms with van der Waals surface area (Å²) in [5.41, 5.74) is -0.417. The number of nitrogens with zero attached hydrogens (tertiary/aromatic N) is 2. The molecule has 2 saturated heterocycles. The van der Waals surface area contributed by atoms with Gasteiger partial charge in [0.25, 0.3) is 0 Å². The first-order chi connectivity index (χ1) is 11.8. The van der Waals surface area contributed by atoms with E-state index >= 15 is 0 Å². The largest absolute Gasteiger partial charge is 0.444 e. The Labute approximate surface area is 154 Å². The number of carbonyl (C=O) groups excluding carboxylic acids is 1. The van der Waals surface area contributed by atoms with Crippen LogP contribution in [0.4, 0.5) is 4.79 Å². The van der Waals surface area contributed by atoms with E-state index in [-0.39, 0.29) is 6.09 Å². The number of ether oxygens (including phenoxy) is 1. The monoisotopic (exact) mass is 353 g/mol. The Morgan fingerprint density at radius 3 is 2.56 bits per heavy atom. The zero-order valence-electron chi connectivity index (χ0n) is 17.0. The van der Waals surface area contributed by atoms with Crippen LogP contribution in [0.3, 0.4) is 0 Å². The third kappa shape index (κ3) is 6.78. The molecule has 0 aromatic rings. The normalized spacial score (nSPS) is 27.6. The Bertz CT molecular complexity index is 422. The molecule has 2 fully saturated rings. The van der Waals surface area contributed by atoms with Gasteiger partial charge in [0, 0.05) is 25.2 Å². The topological polar surface area (TPSA) is 44.8 Å². The number of amides is 1. The molecule has 0 aromatic carbocycles. The van der Waals surface area contributed by atoms with Gasteiger partial charge >= 0.3 is 6.09 Å². The molecular weight excluding hydrogens is 314 g/mol. The number of piperidine rings is 1. The molecule has 2 rings (SSSR count). The van der Waals surface area contributed by atoms with E-state index in [0.29, 0.717) is 18.0 Å². The van der Waals surface area contributed by atoms with Crippen molar-refractivity contribution in [3.05, 3.63) is 0 Å². The summed E-state index contributed by atoms with van der Waals surface area (Å²) in [5, 5.41) is 3.88. The van der Waals surface area contributed by atoms with Crippen LogP contribution >= 0.6 is 0 Å². The number of nitrogens with one attached hydrogen (secondary N) is 1. The fourth-order valence-corrected chi connectivity index (χ4v) is 4.06. The molecule has 1 N–H and O–H groups in total. The molecular formula is C20H39N3O2. The maximum atomic E-state index is 12.4. The van der Waals surface area contributed by atoms with Crippen LogP contribution in [0.15, 0.2) is 0 Å². The standard InChI is InChI=1S/C20H39N3O2/c1-6-22-12-8-10-18(11-14-22)21-16(2)17-9-7-13-23(15-17)19(24)25-20(3,4)5/h16-18,21H,6-15H2,1-5H3. The van der Waals surface area contributed by atoms with Crippen molar-refractivity contribution in [3.8, 4) is 0 Å². The van der Waals surface area contributed by atoms with Crippen LogP contribution in [0, 0.1) is 5.92 Å². The zero-order valence-corrected chi connectivity index (χ0v) is 17.0. The van der Waals surface area contributed by atoms with Crippen LogP contribution in [-0.2, 0) is 4.74 Å². The highest BCUT2D eigenvalue weighted by Crippen LogP contribution is 2.23. The van der Waals surface area contributed by atoms with E-state index in [4.69, 9.17) is 4.74 Å². The van der Waals surface area contributed by atoms with Crippen LogP contribution in [0.1, 0.15) is 66.7 Å². The lowest BCUT2D eigenvalue weighted by Crippen LogP contribution is -2.50. The van der Waals surface area contributed by atoms with Crippen molar-refractivity contribution in [1.82, 2.24) is 15.1 Å². The fourth-order valence-electron chi connectivity index (χ4n) is 4.06. The van der Waals surface area contributed by atoms with E-state index in [2.05, 4.69) is 24.1 Å². The predicted octanol–water partition coefficient (Wildman–Crippen LogP) is 3.49. The molecule has 0 bridgehead atoms. The van der Waals surface area contributed by atoms with Gasteiger partial charge in [0.1, 0.15) is 5.60 Å². The number of rotatable bonds is 4. The zero-order chi connectivity index (χ0) is 18.4. The molecule has 2 heterocycles. The first kappa shape index (κ1) is 20.5. The Balaban J connectivity index is 1.82. The van der Waals surface area contributed by atoms with Crippen LogP contribution in [0.25, 0.3) is 0 Å². The molecule has 146 valence electrons. The predicted molar refractivity (Wildman–Crippen MR) is 103 cm³/mol. The molecule has 25 heavy (non-hydrogen) atoms. The molecule has 5 heteroatoms. The highest BCUT2D eigenvalue weighted by Gasteiger charge is 2.31. The van der Waals surface area contributed by atoms with E-state index in [1.807, 2.05) is 25.7 Å². The van der Waals surface area contributed by atoms with Crippen molar-refractivity contribution in [2.24, 2.45) is 5.92 Å². The minimum Gasteiger partial charge on any atom is -0.444 e. The Kier molecular flexibility index (Phi) is 7.56. The lowest BCUT2D eigenvalue weighted by Gasteiger charge is -2.38. The number of likely N-dealkylation sites (tertiary alicyclic amines) is 2. The molecule has 0 radical (unpaired) electrons. The third-order valence-corrected chi connectivity index (χ3v) is 5.58. The molecule has 0 saturated carbocycles. The van der Waals surface area contributed by atoms with Gasteiger partial charge in [0.2, 0.25) is 0 Å². The average Bonchev–Trinajstić information content (AvgIpc) is 2.78. The van der Waals surface area contributed by atoms with Crippen molar-refractivity contribution in [3.63, 3.8) is 0 Å². The summed E-state index contributed by atoms with van der Waals surface area (Å²) in [7, 11) is 0. The summed E-state index contributed by atoms with van der Waals surface area (Å²) in [6.07, 6.45) is 5.90. The summed E-state index contributed by atoms with van der Waals surface area (Å²) in [4.78, 5) is 16.8. The molecule has 3 unspecified atom stereocenters. The van der Waals surface area contributed by atoms with E-state index in [9.17, 15) is 4.79 Å². The second-order valence-corrected chi connectivity index (χ2v) is 8.85. The second-order valence-electron chi connectivity index (χ2n) is 8.85. The molecule has 0 spiro atoms. The van der Waals surface area contributed by atoms with Crippen molar-refractivity contribution in [2.45, 2.75) is 84.4 Å². The molecule has 0 aromatic heterocycles. The van der Waals surface area contributed by atoms with Crippen LogP contribution in [0.2, 0.25) is 0 Å². The van der Waals surface area contributed by atoms with Gasteiger partial charge in [-0.05, 0) is 85.4 Å². The summed E-state index contributed by atoms with van der Waals surface area (Å²) in [6.45, 7) is 15.6. The minimum atomic E-state index is -0.417. The van der Waals surface area contributed by atoms with Gasteiger partial charge < -0.3 is 19.9 Å². The van der Waals surface area contributed by atoms with Gasteiger partial charge in [-0.25, -0.2) is 4.79 Å². The maximum Gasteiger partial charge on any atom is 0.410 e. The first-order valence-corrected chi connectivity index (χ1v) is 10.2. The molecule has 1 amide bonds. The second kappa shape index (κ2) is 9.22. The van der Waals surface area contributed by atoms with E-state index in [1.165, 1.54) is 38.8 Å². The molecule has 2 aliphatic rings. The van der Waals surface area contributed by atoms with Gasteiger partial charge in [0.05, 0.1) is 0 Å². The number of carbonyl (C=O) groups is 1. The highest BCUT2D eigenvalue weighted by atomic mass is 16.6. The Hall–Kier alpha value is -0.810.